The second kappa shape index (κ2) is 6.23. The normalized spacial score (nSPS) is 22.1. The van der Waals surface area contributed by atoms with Crippen LogP contribution in [0.1, 0.15) is 29.5 Å². The number of aliphatic hydroxyl groups is 1. The first-order chi connectivity index (χ1) is 10.6. The van der Waals surface area contributed by atoms with Gasteiger partial charge in [-0.1, -0.05) is 12.1 Å². The second-order valence-electron chi connectivity index (χ2n) is 6.55. The quantitative estimate of drug-likeness (QED) is 0.838. The topological polar surface area (TPSA) is 54.9 Å². The fraction of sp³-hybridized carbons (Fsp3) is 0.500. The Kier molecular flexibility index (Phi) is 4.32. The fourth-order valence-corrected chi connectivity index (χ4v) is 3.51. The minimum absolute atomic E-state index is 0.263. The van der Waals surface area contributed by atoms with Crippen LogP contribution in [0.3, 0.4) is 0 Å². The molecule has 0 radical (unpaired) electrons. The predicted octanol–water partition coefficient (Wildman–Crippen LogP) is 1.20. The Morgan fingerprint density at radius 1 is 1.36 bits per heavy atom. The van der Waals surface area contributed by atoms with E-state index in [2.05, 4.69) is 12.1 Å². The molecule has 1 aliphatic rings. The van der Waals surface area contributed by atoms with E-state index in [1.165, 1.54) is 4.90 Å². The number of aliphatic hydroxyl groups excluding tert-OH is 1. The number of quaternary nitrogens is 1. The van der Waals surface area contributed by atoms with Gasteiger partial charge in [0.15, 0.2) is 0 Å². The van der Waals surface area contributed by atoms with Crippen molar-refractivity contribution in [1.29, 1.82) is 0 Å². The number of hydrogen-bond donors (Lipinski definition) is 2. The molecule has 0 spiro atoms. The summed E-state index contributed by atoms with van der Waals surface area (Å²) in [7, 11) is 0. The zero-order chi connectivity index (χ0) is 15.7. The summed E-state index contributed by atoms with van der Waals surface area (Å²) in [6, 6.07) is 5.78. The molecule has 0 saturated carbocycles. The van der Waals surface area contributed by atoms with Gasteiger partial charge in [-0.3, -0.25) is 0 Å². The van der Waals surface area contributed by atoms with Crippen molar-refractivity contribution < 1.29 is 14.4 Å². The maximum Gasteiger partial charge on any atom is 0.336 e. The number of rotatable bonds is 3. The van der Waals surface area contributed by atoms with E-state index in [1.54, 1.807) is 6.07 Å². The molecule has 22 heavy (non-hydrogen) atoms. The Labute approximate surface area is 130 Å². The van der Waals surface area contributed by atoms with Crippen LogP contribution in [0.4, 0.5) is 0 Å². The minimum Gasteiger partial charge on any atom is -0.422 e. The van der Waals surface area contributed by atoms with E-state index in [1.807, 2.05) is 13.8 Å². The van der Waals surface area contributed by atoms with Crippen LogP contribution in [0.15, 0.2) is 27.4 Å². The van der Waals surface area contributed by atoms with E-state index in [0.29, 0.717) is 5.92 Å². The van der Waals surface area contributed by atoms with Gasteiger partial charge in [0.25, 0.3) is 0 Å². The third-order valence-corrected chi connectivity index (χ3v) is 4.94. The zero-order valence-corrected chi connectivity index (χ0v) is 13.3. The maximum absolute atomic E-state index is 11.9. The first kappa shape index (κ1) is 15.3. The number of benzene rings is 1. The summed E-state index contributed by atoms with van der Waals surface area (Å²) in [6.45, 7) is 7.19. The van der Waals surface area contributed by atoms with E-state index >= 15 is 0 Å². The average Bonchev–Trinajstić information content (AvgIpc) is 2.51. The third-order valence-electron chi connectivity index (χ3n) is 4.94. The molecule has 2 aromatic rings. The molecule has 0 aliphatic carbocycles. The van der Waals surface area contributed by atoms with Gasteiger partial charge in [0.05, 0.1) is 19.7 Å². The molecule has 1 unspecified atom stereocenters. The highest BCUT2D eigenvalue weighted by molar-refractivity contribution is 5.83. The molecular weight excluding hydrogens is 278 g/mol. The lowest BCUT2D eigenvalue weighted by Crippen LogP contribution is -3.12. The lowest BCUT2D eigenvalue weighted by Gasteiger charge is -2.29. The highest BCUT2D eigenvalue weighted by atomic mass is 16.4. The van der Waals surface area contributed by atoms with E-state index in [0.717, 1.165) is 60.1 Å². The molecule has 2 heterocycles. The number of nitrogens with one attached hydrogen (secondary N) is 1. The number of piperidine rings is 1. The molecule has 1 aliphatic heterocycles. The van der Waals surface area contributed by atoms with E-state index < -0.39 is 0 Å². The van der Waals surface area contributed by atoms with Gasteiger partial charge in [-0.05, 0) is 37.8 Å². The Balaban J connectivity index is 1.97. The van der Waals surface area contributed by atoms with Crippen molar-refractivity contribution in [3.8, 4) is 0 Å². The summed E-state index contributed by atoms with van der Waals surface area (Å²) in [5.41, 5.74) is 3.68. The monoisotopic (exact) mass is 302 g/mol. The Morgan fingerprint density at radius 2 is 2.18 bits per heavy atom. The van der Waals surface area contributed by atoms with E-state index in [-0.39, 0.29) is 12.2 Å². The second-order valence-corrected chi connectivity index (χ2v) is 6.55. The van der Waals surface area contributed by atoms with Crippen LogP contribution < -0.4 is 10.5 Å². The van der Waals surface area contributed by atoms with E-state index in [9.17, 15) is 9.90 Å². The van der Waals surface area contributed by atoms with Crippen LogP contribution in [0.2, 0.25) is 0 Å². The number of hydrogen-bond acceptors (Lipinski definition) is 3. The smallest absolute Gasteiger partial charge is 0.336 e. The van der Waals surface area contributed by atoms with Crippen molar-refractivity contribution in [2.75, 3.05) is 19.7 Å². The molecule has 1 saturated heterocycles. The minimum atomic E-state index is -0.272. The Morgan fingerprint density at radius 3 is 2.95 bits per heavy atom. The summed E-state index contributed by atoms with van der Waals surface area (Å²) < 4.78 is 5.44. The SMILES string of the molecule is Cc1ccc2c(C[NH+]3CCC[C@@H](CO)C3)cc(=O)oc2c1C. The molecule has 4 nitrogen and oxygen atoms in total. The molecule has 2 N–H and O–H groups in total. The molecule has 1 aromatic heterocycles. The average molecular weight is 302 g/mol. The molecule has 118 valence electrons. The van der Waals surface area contributed by atoms with Gasteiger partial charge < -0.3 is 14.4 Å². The number of likely N-dealkylation sites (tertiary alicyclic amines) is 1. The molecule has 2 atom stereocenters. The van der Waals surface area contributed by atoms with Crippen molar-refractivity contribution in [2.24, 2.45) is 5.92 Å². The number of aryl methyl sites for hydroxylation is 2. The van der Waals surface area contributed by atoms with Gasteiger partial charge in [-0.25, -0.2) is 4.79 Å². The highest BCUT2D eigenvalue weighted by Gasteiger charge is 2.23. The summed E-state index contributed by atoms with van der Waals surface area (Å²) in [4.78, 5) is 13.4. The summed E-state index contributed by atoms with van der Waals surface area (Å²) >= 11 is 0. The Bertz CT molecular complexity index is 735. The molecule has 0 amide bonds. The lowest BCUT2D eigenvalue weighted by molar-refractivity contribution is -0.922. The van der Waals surface area contributed by atoms with Crippen LogP contribution in [0.5, 0.6) is 0 Å². The van der Waals surface area contributed by atoms with Gasteiger partial charge in [0.1, 0.15) is 12.1 Å². The standard InChI is InChI=1S/C18H23NO3/c1-12-5-6-16-15(8-17(21)22-18(16)13(12)2)10-19-7-3-4-14(9-19)11-20/h5-6,8,14,20H,3-4,7,9-11H2,1-2H3/p+1/t14-/m1/s1. The fourth-order valence-electron chi connectivity index (χ4n) is 3.51. The van der Waals surface area contributed by atoms with Crippen molar-refractivity contribution >= 4 is 11.0 Å². The van der Waals surface area contributed by atoms with Crippen molar-refractivity contribution in [1.82, 2.24) is 0 Å². The van der Waals surface area contributed by atoms with Crippen LogP contribution in [0, 0.1) is 19.8 Å². The molecule has 4 heteroatoms. The lowest BCUT2D eigenvalue weighted by atomic mass is 9.97. The van der Waals surface area contributed by atoms with Crippen LogP contribution in [-0.4, -0.2) is 24.8 Å². The van der Waals surface area contributed by atoms with Gasteiger partial charge in [0, 0.05) is 22.9 Å². The van der Waals surface area contributed by atoms with Crippen LogP contribution >= 0.6 is 0 Å². The predicted molar refractivity (Wildman–Crippen MR) is 86.2 cm³/mol. The Hall–Kier alpha value is -1.65. The first-order valence-electron chi connectivity index (χ1n) is 8.06. The van der Waals surface area contributed by atoms with Gasteiger partial charge in [-0.15, -0.1) is 0 Å². The largest absolute Gasteiger partial charge is 0.422 e. The first-order valence-corrected chi connectivity index (χ1v) is 8.06. The van der Waals surface area contributed by atoms with Gasteiger partial charge >= 0.3 is 5.63 Å². The maximum atomic E-state index is 11.9. The molecular formula is C18H24NO3+. The van der Waals surface area contributed by atoms with Gasteiger partial charge in [-0.2, -0.15) is 0 Å². The third kappa shape index (κ3) is 2.94. The van der Waals surface area contributed by atoms with Crippen LogP contribution in [-0.2, 0) is 6.54 Å². The van der Waals surface area contributed by atoms with Crippen molar-refractivity contribution in [2.45, 2.75) is 33.2 Å². The van der Waals surface area contributed by atoms with Gasteiger partial charge in [0.2, 0.25) is 0 Å². The molecule has 3 rings (SSSR count). The number of fused-ring (bicyclic) bond motifs is 1. The van der Waals surface area contributed by atoms with Crippen molar-refractivity contribution in [3.05, 3.63) is 45.3 Å². The molecule has 0 bridgehead atoms. The highest BCUT2D eigenvalue weighted by Crippen LogP contribution is 2.23. The van der Waals surface area contributed by atoms with Crippen LogP contribution in [0.25, 0.3) is 11.0 Å². The van der Waals surface area contributed by atoms with E-state index in [4.69, 9.17) is 4.42 Å². The summed E-state index contributed by atoms with van der Waals surface area (Å²) in [5.74, 6) is 0.388. The zero-order valence-electron chi connectivity index (χ0n) is 13.3. The van der Waals surface area contributed by atoms with Crippen molar-refractivity contribution in [3.63, 3.8) is 0 Å². The summed E-state index contributed by atoms with van der Waals surface area (Å²) in [6.07, 6.45) is 2.24. The molecule has 1 aromatic carbocycles. The molecule has 1 fully saturated rings. The summed E-state index contributed by atoms with van der Waals surface area (Å²) in [5, 5.41) is 10.4.